The molecule has 0 unspecified atom stereocenters. The second-order valence-corrected chi connectivity index (χ2v) is 10.8. The zero-order valence-corrected chi connectivity index (χ0v) is 24.8. The molecular weight excluding hydrogens is 615 g/mol. The molecule has 1 aromatic heterocycles. The Bertz CT molecular complexity index is 1740. The SMILES string of the molecule is COc1cc(/C=C2\S/C(=N/N=C\c3ccc([N+](=O)[O-])cc3)N(Cc3ccco3)C2=O)ccc1OCc1ccc(Cl)cc1Cl. The molecule has 0 radical (unpaired) electrons. The van der Waals surface area contributed by atoms with Crippen LogP contribution < -0.4 is 9.47 Å². The molecule has 0 spiro atoms. The van der Waals surface area contributed by atoms with E-state index in [0.29, 0.717) is 48.5 Å². The van der Waals surface area contributed by atoms with Crippen LogP contribution in [0.15, 0.2) is 98.6 Å². The van der Waals surface area contributed by atoms with Gasteiger partial charge in [-0.25, -0.2) is 0 Å². The zero-order chi connectivity index (χ0) is 30.3. The van der Waals surface area contributed by atoms with Crippen molar-refractivity contribution in [3.63, 3.8) is 0 Å². The van der Waals surface area contributed by atoms with E-state index in [-0.39, 0.29) is 24.7 Å². The molecule has 218 valence electrons. The van der Waals surface area contributed by atoms with Gasteiger partial charge in [-0.15, -0.1) is 5.10 Å². The second-order valence-electron chi connectivity index (χ2n) is 8.99. The summed E-state index contributed by atoms with van der Waals surface area (Å²) in [6.45, 7) is 0.370. The topological polar surface area (TPSA) is 120 Å². The fraction of sp³-hybridized carbons (Fsp3) is 0.100. The lowest BCUT2D eigenvalue weighted by Crippen LogP contribution is -2.28. The molecule has 1 aliphatic heterocycles. The summed E-state index contributed by atoms with van der Waals surface area (Å²) in [5, 5.41) is 20.7. The smallest absolute Gasteiger partial charge is 0.269 e. The number of non-ortho nitro benzene ring substituents is 1. The van der Waals surface area contributed by atoms with Gasteiger partial charge in [0.1, 0.15) is 12.4 Å². The summed E-state index contributed by atoms with van der Waals surface area (Å²) >= 11 is 13.4. The number of carbonyl (C=O) groups is 1. The fourth-order valence-electron chi connectivity index (χ4n) is 3.95. The third kappa shape index (κ3) is 7.44. The molecule has 0 aliphatic carbocycles. The molecule has 13 heteroatoms. The molecule has 1 amide bonds. The van der Waals surface area contributed by atoms with Gasteiger partial charge in [-0.3, -0.25) is 19.8 Å². The van der Waals surface area contributed by atoms with E-state index < -0.39 is 4.92 Å². The number of nitro benzene ring substituents is 1. The monoisotopic (exact) mass is 636 g/mol. The van der Waals surface area contributed by atoms with Crippen molar-refractivity contribution in [3.8, 4) is 11.5 Å². The number of amidine groups is 1. The summed E-state index contributed by atoms with van der Waals surface area (Å²) in [4.78, 5) is 25.7. The van der Waals surface area contributed by atoms with Crippen molar-refractivity contribution in [2.45, 2.75) is 13.2 Å². The number of rotatable bonds is 10. The third-order valence-corrected chi connectivity index (χ3v) is 7.70. The Morgan fingerprint density at radius 1 is 1.05 bits per heavy atom. The number of ether oxygens (including phenoxy) is 2. The van der Waals surface area contributed by atoms with E-state index in [2.05, 4.69) is 10.2 Å². The average molecular weight is 638 g/mol. The van der Waals surface area contributed by atoms with Crippen molar-refractivity contribution in [1.82, 2.24) is 4.90 Å². The molecule has 1 fully saturated rings. The van der Waals surface area contributed by atoms with Gasteiger partial charge in [0.25, 0.3) is 11.6 Å². The van der Waals surface area contributed by atoms with Crippen molar-refractivity contribution in [3.05, 3.63) is 127 Å². The first-order chi connectivity index (χ1) is 20.8. The van der Waals surface area contributed by atoms with Crippen LogP contribution in [0.2, 0.25) is 10.0 Å². The number of hydrogen-bond donors (Lipinski definition) is 0. The molecule has 2 heterocycles. The van der Waals surface area contributed by atoms with Gasteiger partial charge >= 0.3 is 0 Å². The first-order valence-electron chi connectivity index (χ1n) is 12.6. The van der Waals surface area contributed by atoms with E-state index in [4.69, 9.17) is 37.1 Å². The molecule has 1 aliphatic rings. The predicted octanol–water partition coefficient (Wildman–Crippen LogP) is 7.59. The zero-order valence-electron chi connectivity index (χ0n) is 22.5. The third-order valence-electron chi connectivity index (χ3n) is 6.12. The summed E-state index contributed by atoms with van der Waals surface area (Å²) in [7, 11) is 1.53. The highest BCUT2D eigenvalue weighted by Crippen LogP contribution is 2.36. The molecule has 4 aromatic rings. The summed E-state index contributed by atoms with van der Waals surface area (Å²) in [6, 6.07) is 19.9. The van der Waals surface area contributed by atoms with Crippen molar-refractivity contribution < 1.29 is 23.6 Å². The summed E-state index contributed by atoms with van der Waals surface area (Å²) < 4.78 is 16.9. The quantitative estimate of drug-likeness (QED) is 0.0761. The minimum atomic E-state index is -0.476. The Morgan fingerprint density at radius 2 is 1.84 bits per heavy atom. The molecule has 10 nitrogen and oxygen atoms in total. The molecular formula is C30H22Cl2N4O6S. The second kappa shape index (κ2) is 13.6. The minimum Gasteiger partial charge on any atom is -0.493 e. The van der Waals surface area contributed by atoms with Gasteiger partial charge in [0, 0.05) is 27.7 Å². The molecule has 0 bridgehead atoms. The molecule has 0 atom stereocenters. The summed E-state index contributed by atoms with van der Waals surface area (Å²) in [5.74, 6) is 1.28. The first kappa shape index (κ1) is 29.9. The van der Waals surface area contributed by atoms with Crippen LogP contribution in [-0.2, 0) is 17.9 Å². The van der Waals surface area contributed by atoms with Crippen LogP contribution in [0.5, 0.6) is 11.5 Å². The van der Waals surface area contributed by atoms with E-state index >= 15 is 0 Å². The normalized spacial score (nSPS) is 15.1. The number of methoxy groups -OCH3 is 1. The summed E-state index contributed by atoms with van der Waals surface area (Å²) in [5.41, 5.74) is 2.07. The lowest BCUT2D eigenvalue weighted by atomic mass is 10.1. The fourth-order valence-corrected chi connectivity index (χ4v) is 5.34. The van der Waals surface area contributed by atoms with Gasteiger partial charge in [-0.05, 0) is 77.5 Å². The van der Waals surface area contributed by atoms with E-state index in [0.717, 1.165) is 17.3 Å². The predicted molar refractivity (Wildman–Crippen MR) is 167 cm³/mol. The van der Waals surface area contributed by atoms with Crippen LogP contribution in [0, 0.1) is 10.1 Å². The van der Waals surface area contributed by atoms with Gasteiger partial charge in [0.15, 0.2) is 16.7 Å². The molecule has 3 aromatic carbocycles. The van der Waals surface area contributed by atoms with Gasteiger partial charge < -0.3 is 13.9 Å². The Balaban J connectivity index is 1.36. The van der Waals surface area contributed by atoms with Crippen LogP contribution in [0.3, 0.4) is 0 Å². The van der Waals surface area contributed by atoms with Gasteiger partial charge in [-0.1, -0.05) is 35.3 Å². The Hall–Kier alpha value is -4.58. The number of nitro groups is 1. The van der Waals surface area contributed by atoms with Gasteiger partial charge in [0.2, 0.25) is 0 Å². The first-order valence-corrected chi connectivity index (χ1v) is 14.2. The van der Waals surface area contributed by atoms with E-state index in [1.165, 1.54) is 36.6 Å². The standard InChI is InChI=1S/C30H22Cl2N4O6S/c1-40-27-13-20(6-11-26(27)42-18-21-7-8-22(31)15-25(21)32)14-28-29(37)35(17-24-3-2-12-41-24)30(43-28)34-33-16-19-4-9-23(10-5-19)36(38)39/h2-16H,17-18H2,1H3/b28-14-,33-16-,34-30+. The lowest BCUT2D eigenvalue weighted by Gasteiger charge is -2.13. The van der Waals surface area contributed by atoms with Crippen LogP contribution in [0.25, 0.3) is 6.08 Å². The number of hydrogen-bond acceptors (Lipinski definition) is 9. The van der Waals surface area contributed by atoms with Gasteiger partial charge in [0.05, 0.1) is 36.0 Å². The number of carbonyl (C=O) groups excluding carboxylic acids is 1. The van der Waals surface area contributed by atoms with Crippen molar-refractivity contribution in [2.75, 3.05) is 7.11 Å². The van der Waals surface area contributed by atoms with E-state index in [1.54, 1.807) is 66.7 Å². The van der Waals surface area contributed by atoms with Crippen molar-refractivity contribution in [2.24, 2.45) is 10.2 Å². The maximum Gasteiger partial charge on any atom is 0.269 e. The van der Waals surface area contributed by atoms with E-state index in [9.17, 15) is 14.9 Å². The van der Waals surface area contributed by atoms with Crippen LogP contribution in [0.1, 0.15) is 22.5 Å². The maximum absolute atomic E-state index is 13.4. The van der Waals surface area contributed by atoms with E-state index in [1.807, 2.05) is 0 Å². The Kier molecular flexibility index (Phi) is 9.45. The number of benzene rings is 3. The Labute approximate surface area is 260 Å². The highest BCUT2D eigenvalue weighted by molar-refractivity contribution is 8.18. The van der Waals surface area contributed by atoms with Crippen LogP contribution in [0.4, 0.5) is 5.69 Å². The number of amides is 1. The van der Waals surface area contributed by atoms with Crippen molar-refractivity contribution in [1.29, 1.82) is 0 Å². The average Bonchev–Trinajstić information content (AvgIpc) is 3.61. The molecule has 0 saturated carbocycles. The highest BCUT2D eigenvalue weighted by Gasteiger charge is 2.34. The van der Waals surface area contributed by atoms with Crippen LogP contribution in [-0.4, -0.2) is 34.2 Å². The summed E-state index contributed by atoms with van der Waals surface area (Å²) in [6.07, 6.45) is 4.71. The number of halogens is 2. The number of thioether (sulfide) groups is 1. The number of nitrogens with zero attached hydrogens (tertiary/aromatic N) is 4. The molecule has 5 rings (SSSR count). The van der Waals surface area contributed by atoms with Crippen LogP contribution >= 0.6 is 35.0 Å². The number of furan rings is 1. The molecule has 1 saturated heterocycles. The molecule has 0 N–H and O–H groups in total. The largest absolute Gasteiger partial charge is 0.493 e. The van der Waals surface area contributed by atoms with Gasteiger partial charge in [-0.2, -0.15) is 5.10 Å². The van der Waals surface area contributed by atoms with Crippen molar-refractivity contribution >= 4 is 64.0 Å². The molecule has 43 heavy (non-hydrogen) atoms. The lowest BCUT2D eigenvalue weighted by molar-refractivity contribution is -0.384. The minimum absolute atomic E-state index is 0.0259. The Morgan fingerprint density at radius 3 is 2.53 bits per heavy atom. The highest BCUT2D eigenvalue weighted by atomic mass is 35.5. The maximum atomic E-state index is 13.4.